The summed E-state index contributed by atoms with van der Waals surface area (Å²) in [6, 6.07) is 5.47. The van der Waals surface area contributed by atoms with Crippen LogP contribution in [0.25, 0.3) is 0 Å². The molecule has 1 rings (SSSR count). The highest BCUT2D eigenvalue weighted by molar-refractivity contribution is 7.99. The summed E-state index contributed by atoms with van der Waals surface area (Å²) in [6.45, 7) is 5.44. The molecule has 0 saturated heterocycles. The highest BCUT2D eigenvalue weighted by atomic mass is 32.2. The van der Waals surface area contributed by atoms with E-state index in [9.17, 15) is 14.0 Å². The molecule has 0 radical (unpaired) electrons. The molecule has 0 heterocycles. The van der Waals surface area contributed by atoms with Crippen molar-refractivity contribution in [3.05, 3.63) is 35.6 Å². The van der Waals surface area contributed by atoms with E-state index in [4.69, 9.17) is 4.74 Å². The second-order valence-corrected chi connectivity index (χ2v) is 6.42. The Balaban J connectivity index is 2.26. The summed E-state index contributed by atoms with van der Waals surface area (Å²) < 4.78 is 17.9. The minimum atomic E-state index is -0.485. The molecular formula is C15H19FO3S. The number of carbonyl (C=O) groups is 2. The number of halogens is 1. The van der Waals surface area contributed by atoms with Crippen molar-refractivity contribution in [2.45, 2.75) is 32.8 Å². The molecule has 110 valence electrons. The Morgan fingerprint density at radius 2 is 1.80 bits per heavy atom. The molecule has 0 amide bonds. The average Bonchev–Trinajstić information content (AvgIpc) is 2.33. The number of hydrogen-bond donors (Lipinski definition) is 0. The van der Waals surface area contributed by atoms with Crippen molar-refractivity contribution >= 4 is 23.5 Å². The van der Waals surface area contributed by atoms with Crippen molar-refractivity contribution in [2.24, 2.45) is 0 Å². The molecule has 0 spiro atoms. The van der Waals surface area contributed by atoms with Crippen LogP contribution in [0, 0.1) is 5.82 Å². The topological polar surface area (TPSA) is 43.4 Å². The van der Waals surface area contributed by atoms with Crippen LogP contribution in [0.1, 0.15) is 37.6 Å². The lowest BCUT2D eigenvalue weighted by atomic mass is 10.1. The molecule has 0 aliphatic heterocycles. The van der Waals surface area contributed by atoms with Gasteiger partial charge in [-0.2, -0.15) is 0 Å². The van der Waals surface area contributed by atoms with Crippen LogP contribution in [-0.2, 0) is 9.53 Å². The smallest absolute Gasteiger partial charge is 0.316 e. The highest BCUT2D eigenvalue weighted by Crippen LogP contribution is 2.12. The Labute approximate surface area is 122 Å². The Hall–Kier alpha value is -1.36. The van der Waals surface area contributed by atoms with Gasteiger partial charge in [0.15, 0.2) is 5.78 Å². The molecular weight excluding hydrogens is 279 g/mol. The van der Waals surface area contributed by atoms with E-state index in [2.05, 4.69) is 0 Å². The summed E-state index contributed by atoms with van der Waals surface area (Å²) in [4.78, 5) is 23.2. The standard InChI is InChI=1S/C15H19FO3S/c1-15(2,3)19-14(18)10-20-9-8-13(17)11-4-6-12(16)7-5-11/h4-7H,8-10H2,1-3H3. The summed E-state index contributed by atoms with van der Waals surface area (Å²) in [5.41, 5.74) is 0.00551. The van der Waals surface area contributed by atoms with Crippen LogP contribution in [0.2, 0.25) is 0 Å². The largest absolute Gasteiger partial charge is 0.459 e. The van der Waals surface area contributed by atoms with Gasteiger partial charge in [-0.25, -0.2) is 4.39 Å². The minimum absolute atomic E-state index is 0.0540. The van der Waals surface area contributed by atoms with Crippen molar-refractivity contribution in [1.29, 1.82) is 0 Å². The first-order chi connectivity index (χ1) is 9.28. The monoisotopic (exact) mass is 298 g/mol. The van der Waals surface area contributed by atoms with E-state index in [1.54, 1.807) is 0 Å². The van der Waals surface area contributed by atoms with Gasteiger partial charge in [0.25, 0.3) is 0 Å². The quantitative estimate of drug-likeness (QED) is 0.458. The summed E-state index contributed by atoms with van der Waals surface area (Å²) in [5, 5.41) is 0. The lowest BCUT2D eigenvalue weighted by Crippen LogP contribution is -2.25. The Kier molecular flexibility index (Phi) is 6.20. The molecule has 5 heteroatoms. The number of thioether (sulfide) groups is 1. The SMILES string of the molecule is CC(C)(C)OC(=O)CSCCC(=O)c1ccc(F)cc1. The first-order valence-electron chi connectivity index (χ1n) is 6.36. The first kappa shape index (κ1) is 16.7. The van der Waals surface area contributed by atoms with Crippen LogP contribution in [0.15, 0.2) is 24.3 Å². The molecule has 0 fully saturated rings. The third kappa shape index (κ3) is 6.70. The normalized spacial score (nSPS) is 11.2. The molecule has 0 unspecified atom stereocenters. The van der Waals surface area contributed by atoms with Crippen molar-refractivity contribution in [1.82, 2.24) is 0 Å². The van der Waals surface area contributed by atoms with E-state index >= 15 is 0 Å². The van der Waals surface area contributed by atoms with Gasteiger partial charge in [-0.3, -0.25) is 9.59 Å². The number of benzene rings is 1. The first-order valence-corrected chi connectivity index (χ1v) is 7.52. The van der Waals surface area contributed by atoms with Gasteiger partial charge in [0.2, 0.25) is 0 Å². The predicted octanol–water partition coefficient (Wildman–Crippen LogP) is 3.47. The summed E-state index contributed by atoms with van der Waals surface area (Å²) in [7, 11) is 0. The van der Waals surface area contributed by atoms with Crippen LogP contribution in [-0.4, -0.2) is 28.9 Å². The molecule has 0 aliphatic carbocycles. The molecule has 3 nitrogen and oxygen atoms in total. The van der Waals surface area contributed by atoms with Crippen LogP contribution in [0.3, 0.4) is 0 Å². The predicted molar refractivity (Wildman–Crippen MR) is 78.5 cm³/mol. The van der Waals surface area contributed by atoms with E-state index < -0.39 is 5.60 Å². The fourth-order valence-electron chi connectivity index (χ4n) is 1.47. The van der Waals surface area contributed by atoms with Crippen molar-refractivity contribution in [2.75, 3.05) is 11.5 Å². The molecule has 0 bridgehead atoms. The van der Waals surface area contributed by atoms with Crippen molar-refractivity contribution < 1.29 is 18.7 Å². The number of Topliss-reactive ketones (excluding diaryl/α,β-unsaturated/α-hetero) is 1. The Bertz CT molecular complexity index is 463. The van der Waals surface area contributed by atoms with Gasteiger partial charge >= 0.3 is 5.97 Å². The highest BCUT2D eigenvalue weighted by Gasteiger charge is 2.16. The van der Waals surface area contributed by atoms with Crippen molar-refractivity contribution in [3.63, 3.8) is 0 Å². The zero-order chi connectivity index (χ0) is 15.2. The van der Waals surface area contributed by atoms with E-state index in [1.807, 2.05) is 20.8 Å². The maximum absolute atomic E-state index is 12.7. The average molecular weight is 298 g/mol. The fraction of sp³-hybridized carbons (Fsp3) is 0.467. The minimum Gasteiger partial charge on any atom is -0.459 e. The zero-order valence-corrected chi connectivity index (χ0v) is 12.8. The lowest BCUT2D eigenvalue weighted by Gasteiger charge is -2.19. The van der Waals surface area contributed by atoms with Crippen LogP contribution >= 0.6 is 11.8 Å². The van der Waals surface area contributed by atoms with E-state index in [1.165, 1.54) is 36.0 Å². The van der Waals surface area contributed by atoms with E-state index in [0.717, 1.165) is 0 Å². The van der Waals surface area contributed by atoms with Crippen LogP contribution < -0.4 is 0 Å². The van der Waals surface area contributed by atoms with Gasteiger partial charge in [0.05, 0.1) is 5.75 Å². The second-order valence-electron chi connectivity index (χ2n) is 5.32. The molecule has 0 saturated carbocycles. The van der Waals surface area contributed by atoms with Crippen molar-refractivity contribution in [3.8, 4) is 0 Å². The van der Waals surface area contributed by atoms with Gasteiger partial charge in [-0.05, 0) is 45.0 Å². The van der Waals surface area contributed by atoms with Gasteiger partial charge < -0.3 is 4.74 Å². The number of hydrogen-bond acceptors (Lipinski definition) is 4. The fourth-order valence-corrected chi connectivity index (χ4v) is 2.17. The molecule has 0 N–H and O–H groups in total. The third-order valence-electron chi connectivity index (χ3n) is 2.28. The van der Waals surface area contributed by atoms with E-state index in [-0.39, 0.29) is 23.3 Å². The Morgan fingerprint density at radius 3 is 2.35 bits per heavy atom. The van der Waals surface area contributed by atoms with Crippen LogP contribution in [0.4, 0.5) is 4.39 Å². The molecule has 1 aromatic rings. The van der Waals surface area contributed by atoms with Gasteiger partial charge in [-0.15, -0.1) is 11.8 Å². The second kappa shape index (κ2) is 7.43. The maximum atomic E-state index is 12.7. The zero-order valence-electron chi connectivity index (χ0n) is 11.9. The maximum Gasteiger partial charge on any atom is 0.316 e. The number of rotatable bonds is 6. The summed E-state index contributed by atoms with van der Waals surface area (Å²) in [6.07, 6.45) is 0.319. The Morgan fingerprint density at radius 1 is 1.20 bits per heavy atom. The molecule has 0 atom stereocenters. The molecule has 0 aromatic heterocycles. The van der Waals surface area contributed by atoms with Gasteiger partial charge in [0.1, 0.15) is 11.4 Å². The van der Waals surface area contributed by atoms with Crippen LogP contribution in [0.5, 0.6) is 0 Å². The molecule has 0 aliphatic rings. The third-order valence-corrected chi connectivity index (χ3v) is 3.21. The van der Waals surface area contributed by atoms with Gasteiger partial charge in [-0.1, -0.05) is 0 Å². The van der Waals surface area contributed by atoms with E-state index in [0.29, 0.717) is 17.7 Å². The summed E-state index contributed by atoms with van der Waals surface area (Å²) >= 11 is 1.36. The number of ether oxygens (including phenoxy) is 1. The lowest BCUT2D eigenvalue weighted by molar-refractivity contribution is -0.151. The molecule has 20 heavy (non-hydrogen) atoms. The number of esters is 1. The summed E-state index contributed by atoms with van der Waals surface area (Å²) in [5.74, 6) is 0.0722. The number of carbonyl (C=O) groups excluding carboxylic acids is 2. The number of ketones is 1. The van der Waals surface area contributed by atoms with Gasteiger partial charge in [0, 0.05) is 17.7 Å². The molecule has 1 aromatic carbocycles.